The van der Waals surface area contributed by atoms with E-state index in [1.165, 1.54) is 5.56 Å². The third kappa shape index (κ3) is 8.81. The van der Waals surface area contributed by atoms with Crippen molar-refractivity contribution in [2.45, 2.75) is 44.7 Å². The summed E-state index contributed by atoms with van der Waals surface area (Å²) in [6.45, 7) is 6.36. The van der Waals surface area contributed by atoms with Crippen molar-refractivity contribution in [3.05, 3.63) is 184 Å². The first-order valence-corrected chi connectivity index (χ1v) is 19.2. The average Bonchev–Trinajstić information content (AvgIpc) is 3.57. The largest absolute Gasteiger partial charge is 0.497 e. The van der Waals surface area contributed by atoms with Gasteiger partial charge in [0.15, 0.2) is 6.61 Å². The van der Waals surface area contributed by atoms with Crippen LogP contribution in [0.4, 0.5) is 4.79 Å². The Morgan fingerprint density at radius 1 is 0.614 bits per heavy atom. The maximum Gasteiger partial charge on any atom is 0.407 e. The lowest BCUT2D eigenvalue weighted by molar-refractivity contribution is -0.123. The maximum atomic E-state index is 13.6. The van der Waals surface area contributed by atoms with Crippen LogP contribution in [-0.2, 0) is 9.53 Å². The van der Waals surface area contributed by atoms with E-state index < -0.39 is 12.1 Å². The zero-order valence-corrected chi connectivity index (χ0v) is 33.0. The molecular weight excluding hydrogens is 713 g/mol. The molecule has 6 aromatic carbocycles. The molecule has 8 heteroatoms. The van der Waals surface area contributed by atoms with Crippen molar-refractivity contribution in [1.82, 2.24) is 10.6 Å². The summed E-state index contributed by atoms with van der Waals surface area (Å²) in [5, 5.41) is 6.26. The summed E-state index contributed by atoms with van der Waals surface area (Å²) >= 11 is 0. The molecule has 0 aromatic heterocycles. The average molecular weight is 761 g/mol. The Bertz CT molecular complexity index is 2270. The van der Waals surface area contributed by atoms with Gasteiger partial charge in [-0.1, -0.05) is 129 Å². The number of fused-ring (bicyclic) bond motifs is 3. The fraction of sp³-hybridized carbons (Fsp3) is 0.224. The predicted molar refractivity (Wildman–Crippen MR) is 223 cm³/mol. The molecule has 7 rings (SSSR count). The van der Waals surface area contributed by atoms with Gasteiger partial charge in [-0.2, -0.15) is 0 Å². The molecule has 0 fully saturated rings. The highest BCUT2D eigenvalue weighted by Gasteiger charge is 2.30. The van der Waals surface area contributed by atoms with Crippen molar-refractivity contribution >= 4 is 12.0 Å². The van der Waals surface area contributed by atoms with Crippen LogP contribution in [0.2, 0.25) is 0 Å². The van der Waals surface area contributed by atoms with Gasteiger partial charge in [0.1, 0.15) is 23.9 Å². The monoisotopic (exact) mass is 760 g/mol. The number of alkyl carbamates (subject to hydrolysis) is 1. The fourth-order valence-corrected chi connectivity index (χ4v) is 7.45. The predicted octanol–water partition coefficient (Wildman–Crippen LogP) is 10.0. The quantitative estimate of drug-likeness (QED) is 0.115. The number of ether oxygens (including phenoxy) is 4. The molecule has 8 nitrogen and oxygen atoms in total. The lowest BCUT2D eigenvalue weighted by atomic mass is 9.94. The second-order valence-corrected chi connectivity index (χ2v) is 14.6. The van der Waals surface area contributed by atoms with Crippen molar-refractivity contribution < 1.29 is 28.5 Å². The van der Waals surface area contributed by atoms with Crippen LogP contribution in [0.5, 0.6) is 17.2 Å². The Morgan fingerprint density at radius 2 is 1.16 bits per heavy atom. The number of amides is 2. The Kier molecular flexibility index (Phi) is 11.9. The van der Waals surface area contributed by atoms with Gasteiger partial charge in [0.05, 0.1) is 26.3 Å². The molecule has 0 saturated heterocycles. The zero-order chi connectivity index (χ0) is 39.9. The molecule has 1 aliphatic rings. The van der Waals surface area contributed by atoms with Crippen LogP contribution in [0.3, 0.4) is 0 Å². The Morgan fingerprint density at radius 3 is 1.75 bits per heavy atom. The SMILES string of the molecule is COc1ccc(C(NC(=O)OCC2c3ccccc3-c3ccccc32)c2ccc(OCC(=O)NC(c3ccc(C)cc3)c3ccc(C(C)C)cc3)cc2)c(OC)c1. The summed E-state index contributed by atoms with van der Waals surface area (Å²) in [6.07, 6.45) is -0.571. The van der Waals surface area contributed by atoms with Crippen LogP contribution in [-0.4, -0.2) is 39.4 Å². The number of methoxy groups -OCH3 is 2. The second kappa shape index (κ2) is 17.5. The summed E-state index contributed by atoms with van der Waals surface area (Å²) < 4.78 is 23.1. The molecular formula is C49H48N2O6. The highest BCUT2D eigenvalue weighted by molar-refractivity contribution is 5.80. The van der Waals surface area contributed by atoms with Crippen LogP contribution in [0.15, 0.2) is 140 Å². The summed E-state index contributed by atoms with van der Waals surface area (Å²) in [7, 11) is 3.17. The summed E-state index contributed by atoms with van der Waals surface area (Å²) in [6, 6.07) is 44.8. The van der Waals surface area contributed by atoms with Crippen LogP contribution < -0.4 is 24.8 Å². The third-order valence-corrected chi connectivity index (χ3v) is 10.6. The van der Waals surface area contributed by atoms with Gasteiger partial charge in [0, 0.05) is 17.5 Å². The van der Waals surface area contributed by atoms with E-state index in [1.807, 2.05) is 79.7 Å². The first-order valence-electron chi connectivity index (χ1n) is 19.2. The Hall–Kier alpha value is -6.54. The van der Waals surface area contributed by atoms with Crippen molar-refractivity contribution in [3.8, 4) is 28.4 Å². The lowest BCUT2D eigenvalue weighted by Crippen LogP contribution is -2.33. The van der Waals surface area contributed by atoms with Crippen molar-refractivity contribution in [2.24, 2.45) is 0 Å². The van der Waals surface area contributed by atoms with E-state index in [4.69, 9.17) is 18.9 Å². The van der Waals surface area contributed by atoms with E-state index in [0.717, 1.165) is 44.5 Å². The highest BCUT2D eigenvalue weighted by atomic mass is 16.5. The summed E-state index contributed by atoms with van der Waals surface area (Å²) in [5.74, 6) is 1.73. The molecule has 2 atom stereocenters. The van der Waals surface area contributed by atoms with Gasteiger partial charge in [-0.15, -0.1) is 0 Å². The number of hydrogen-bond acceptors (Lipinski definition) is 6. The molecule has 0 saturated carbocycles. The molecule has 0 heterocycles. The third-order valence-electron chi connectivity index (χ3n) is 10.6. The first-order chi connectivity index (χ1) is 27.7. The van der Waals surface area contributed by atoms with Gasteiger partial charge >= 0.3 is 6.09 Å². The lowest BCUT2D eigenvalue weighted by Gasteiger charge is -2.23. The minimum atomic E-state index is -0.642. The smallest absolute Gasteiger partial charge is 0.407 e. The number of rotatable bonds is 14. The molecule has 6 aromatic rings. The molecule has 290 valence electrons. The van der Waals surface area contributed by atoms with Gasteiger partial charge in [-0.05, 0) is 81.6 Å². The molecule has 0 aliphatic heterocycles. The van der Waals surface area contributed by atoms with E-state index in [0.29, 0.717) is 28.7 Å². The van der Waals surface area contributed by atoms with Gasteiger partial charge in [-0.3, -0.25) is 4.79 Å². The van der Waals surface area contributed by atoms with Crippen LogP contribution in [0.25, 0.3) is 11.1 Å². The normalized spacial score (nSPS) is 12.9. The van der Waals surface area contributed by atoms with Crippen molar-refractivity contribution in [1.29, 1.82) is 0 Å². The molecule has 0 spiro atoms. The molecule has 1 aliphatic carbocycles. The number of nitrogens with one attached hydrogen (secondary N) is 2. The van der Waals surface area contributed by atoms with E-state index in [-0.39, 0.29) is 31.1 Å². The topological polar surface area (TPSA) is 95.1 Å². The second-order valence-electron chi connectivity index (χ2n) is 14.6. The molecule has 57 heavy (non-hydrogen) atoms. The number of carbonyl (C=O) groups excluding carboxylic acids is 2. The number of hydrogen-bond donors (Lipinski definition) is 2. The fourth-order valence-electron chi connectivity index (χ4n) is 7.45. The minimum Gasteiger partial charge on any atom is -0.497 e. The molecule has 2 unspecified atom stereocenters. The number of carbonyl (C=O) groups is 2. The summed E-state index contributed by atoms with van der Waals surface area (Å²) in [5.41, 5.74) is 10.4. The number of aryl methyl sites for hydroxylation is 1. The van der Waals surface area contributed by atoms with Gasteiger partial charge < -0.3 is 29.6 Å². The van der Waals surface area contributed by atoms with Gasteiger partial charge in [0.25, 0.3) is 5.91 Å². The van der Waals surface area contributed by atoms with Crippen LogP contribution >= 0.6 is 0 Å². The highest BCUT2D eigenvalue weighted by Crippen LogP contribution is 2.44. The summed E-state index contributed by atoms with van der Waals surface area (Å²) in [4.78, 5) is 27.0. The van der Waals surface area contributed by atoms with Crippen LogP contribution in [0, 0.1) is 6.92 Å². The Balaban J connectivity index is 1.06. The van der Waals surface area contributed by atoms with E-state index in [2.05, 4.69) is 73.0 Å². The minimum absolute atomic E-state index is 0.0802. The van der Waals surface area contributed by atoms with Crippen LogP contribution in [0.1, 0.15) is 82.3 Å². The van der Waals surface area contributed by atoms with Gasteiger partial charge in [0.2, 0.25) is 0 Å². The standard InChI is InChI=1S/C49H48N2O6/c1-31(2)33-18-20-35(21-19-33)47(34-16-14-32(3)15-17-34)50-46(52)30-56-37-24-22-36(23-25-37)48(43-27-26-38(54-4)28-45(43)55-5)51-49(53)57-29-44-41-12-8-6-10-39(41)40-11-7-9-13-42(40)44/h6-28,31,44,47-48H,29-30H2,1-5H3,(H,50,52)(H,51,53). The van der Waals surface area contributed by atoms with E-state index >= 15 is 0 Å². The van der Waals surface area contributed by atoms with Crippen molar-refractivity contribution in [2.75, 3.05) is 27.4 Å². The molecule has 2 amide bonds. The maximum absolute atomic E-state index is 13.6. The molecule has 0 radical (unpaired) electrons. The Labute approximate surface area is 334 Å². The molecule has 2 N–H and O–H groups in total. The van der Waals surface area contributed by atoms with E-state index in [1.54, 1.807) is 32.4 Å². The first kappa shape index (κ1) is 38.7. The van der Waals surface area contributed by atoms with Gasteiger partial charge in [-0.25, -0.2) is 4.79 Å². The zero-order valence-electron chi connectivity index (χ0n) is 33.0. The number of benzene rings is 6. The van der Waals surface area contributed by atoms with Crippen molar-refractivity contribution in [3.63, 3.8) is 0 Å². The van der Waals surface area contributed by atoms with E-state index in [9.17, 15) is 9.59 Å². The molecule has 0 bridgehead atoms.